The number of carbonyl (C=O) groups excluding carboxylic acids is 2. The Morgan fingerprint density at radius 2 is 1.47 bits per heavy atom. The highest BCUT2D eigenvalue weighted by Crippen LogP contribution is 2.10. The van der Waals surface area contributed by atoms with Gasteiger partial charge in [-0.3, -0.25) is 4.79 Å². The van der Waals surface area contributed by atoms with E-state index in [1.54, 1.807) is 24.3 Å². The zero-order valence-electron chi connectivity index (χ0n) is 18.2. The van der Waals surface area contributed by atoms with Crippen LogP contribution in [0.2, 0.25) is 0 Å². The van der Waals surface area contributed by atoms with Gasteiger partial charge in [0.05, 0.1) is 6.04 Å². The maximum atomic E-state index is 12.9. The molecule has 3 atom stereocenters. The fourth-order valence-corrected chi connectivity index (χ4v) is 3.18. The Balaban J connectivity index is 2.05. The summed E-state index contributed by atoms with van der Waals surface area (Å²) < 4.78 is 5.20. The van der Waals surface area contributed by atoms with Crippen LogP contribution < -0.4 is 10.6 Å². The molecule has 0 aliphatic rings. The van der Waals surface area contributed by atoms with Gasteiger partial charge in [-0.25, -0.2) is 9.59 Å². The number of ether oxygens (including phenoxy) is 1. The number of aliphatic hydroxyl groups excluding tert-OH is 1. The van der Waals surface area contributed by atoms with E-state index in [1.165, 1.54) is 0 Å². The van der Waals surface area contributed by atoms with Crippen LogP contribution in [0.3, 0.4) is 0 Å². The average Bonchev–Trinajstić information content (AvgIpc) is 2.77. The first-order chi connectivity index (χ1) is 15.3. The third-order valence-corrected chi connectivity index (χ3v) is 4.79. The monoisotopic (exact) mass is 442 g/mol. The van der Waals surface area contributed by atoms with Gasteiger partial charge < -0.3 is 25.6 Å². The summed E-state index contributed by atoms with van der Waals surface area (Å²) in [5, 5.41) is 24.5. The minimum atomic E-state index is -1.80. The van der Waals surface area contributed by atoms with E-state index in [1.807, 2.05) is 50.2 Å². The minimum Gasteiger partial charge on any atom is -0.479 e. The summed E-state index contributed by atoms with van der Waals surface area (Å²) in [7, 11) is 0. The third kappa shape index (κ3) is 8.39. The van der Waals surface area contributed by atoms with Gasteiger partial charge in [-0.15, -0.1) is 0 Å². The first kappa shape index (κ1) is 24.9. The molecule has 0 fully saturated rings. The van der Waals surface area contributed by atoms with Crippen molar-refractivity contribution in [1.82, 2.24) is 10.6 Å². The molecular formula is C24H30N2O6. The van der Waals surface area contributed by atoms with Crippen LogP contribution in [-0.2, 0) is 27.4 Å². The zero-order chi connectivity index (χ0) is 23.5. The molecule has 0 spiro atoms. The van der Waals surface area contributed by atoms with Crippen molar-refractivity contribution in [2.24, 2.45) is 5.92 Å². The van der Waals surface area contributed by atoms with E-state index in [9.17, 15) is 24.6 Å². The minimum absolute atomic E-state index is 0.0526. The molecule has 0 saturated heterocycles. The van der Waals surface area contributed by atoms with E-state index in [-0.39, 0.29) is 18.9 Å². The van der Waals surface area contributed by atoms with Crippen LogP contribution in [0.15, 0.2) is 60.7 Å². The van der Waals surface area contributed by atoms with Crippen LogP contribution in [0, 0.1) is 5.92 Å². The molecule has 0 bridgehead atoms. The normalized spacial score (nSPS) is 13.6. The number of hydrogen-bond donors (Lipinski definition) is 4. The van der Waals surface area contributed by atoms with Gasteiger partial charge in [-0.2, -0.15) is 0 Å². The average molecular weight is 443 g/mol. The molecule has 2 aromatic carbocycles. The van der Waals surface area contributed by atoms with Crippen molar-refractivity contribution < 1.29 is 29.3 Å². The van der Waals surface area contributed by atoms with E-state index in [4.69, 9.17) is 4.74 Å². The van der Waals surface area contributed by atoms with Gasteiger partial charge >= 0.3 is 12.1 Å². The Morgan fingerprint density at radius 1 is 0.906 bits per heavy atom. The standard InChI is InChI=1S/C24H30N2O6/c1-16(2)13-20(26-24(31)32-15-18-11-7-4-8-12-18)22(28)25-19(21(27)23(29)30)14-17-9-5-3-6-10-17/h3-12,16,19-21,27H,13-15H2,1-2H3,(H,25,28)(H,26,31)(H,29,30)/t19-,20-,21?/m0/s1. The molecule has 0 aliphatic heterocycles. The lowest BCUT2D eigenvalue weighted by molar-refractivity contribution is -0.148. The summed E-state index contributed by atoms with van der Waals surface area (Å²) in [6, 6.07) is 16.0. The number of rotatable bonds is 11. The molecule has 2 rings (SSSR count). The SMILES string of the molecule is CC(C)C[C@H](NC(=O)OCc1ccccc1)C(=O)N[C@@H](Cc1ccccc1)C(O)C(=O)O. The second-order valence-electron chi connectivity index (χ2n) is 7.98. The lowest BCUT2D eigenvalue weighted by Gasteiger charge is -2.26. The fourth-order valence-electron chi connectivity index (χ4n) is 3.18. The smallest absolute Gasteiger partial charge is 0.408 e. The third-order valence-electron chi connectivity index (χ3n) is 4.79. The van der Waals surface area contributed by atoms with Gasteiger partial charge in [0.15, 0.2) is 6.10 Å². The molecule has 32 heavy (non-hydrogen) atoms. The molecular weight excluding hydrogens is 412 g/mol. The second-order valence-corrected chi connectivity index (χ2v) is 7.98. The Morgan fingerprint density at radius 3 is 2.00 bits per heavy atom. The maximum Gasteiger partial charge on any atom is 0.408 e. The summed E-state index contributed by atoms with van der Waals surface area (Å²) in [6.45, 7) is 3.84. The summed E-state index contributed by atoms with van der Waals surface area (Å²) >= 11 is 0. The molecule has 1 unspecified atom stereocenters. The Bertz CT molecular complexity index is 873. The maximum absolute atomic E-state index is 12.9. The predicted octanol–water partition coefficient (Wildman–Crippen LogP) is 2.50. The molecule has 0 radical (unpaired) electrons. The summed E-state index contributed by atoms with van der Waals surface area (Å²) in [5.41, 5.74) is 1.56. The van der Waals surface area contributed by atoms with Crippen LogP contribution in [-0.4, -0.2) is 46.4 Å². The molecule has 4 N–H and O–H groups in total. The van der Waals surface area contributed by atoms with E-state index in [0.717, 1.165) is 11.1 Å². The molecule has 0 aliphatic carbocycles. The van der Waals surface area contributed by atoms with Crippen molar-refractivity contribution in [3.63, 3.8) is 0 Å². The first-order valence-corrected chi connectivity index (χ1v) is 10.5. The number of benzene rings is 2. The largest absolute Gasteiger partial charge is 0.479 e. The van der Waals surface area contributed by atoms with Gasteiger partial charge in [0, 0.05) is 0 Å². The molecule has 0 heterocycles. The van der Waals surface area contributed by atoms with Gasteiger partial charge in [-0.1, -0.05) is 74.5 Å². The van der Waals surface area contributed by atoms with Crippen molar-refractivity contribution >= 4 is 18.0 Å². The lowest BCUT2D eigenvalue weighted by Crippen LogP contribution is -2.55. The molecule has 0 aromatic heterocycles. The Kier molecular flexibility index (Phi) is 9.69. The molecule has 2 amide bonds. The Labute approximate surface area is 187 Å². The highest BCUT2D eigenvalue weighted by molar-refractivity contribution is 5.86. The predicted molar refractivity (Wildman–Crippen MR) is 119 cm³/mol. The van der Waals surface area contributed by atoms with Crippen LogP contribution in [0.25, 0.3) is 0 Å². The number of carboxylic acid groups (broad SMARTS) is 1. The van der Waals surface area contributed by atoms with Gasteiger partial charge in [0.2, 0.25) is 5.91 Å². The van der Waals surface area contributed by atoms with Gasteiger partial charge in [0.25, 0.3) is 0 Å². The Hall–Kier alpha value is -3.39. The van der Waals surface area contributed by atoms with Gasteiger partial charge in [-0.05, 0) is 29.9 Å². The van der Waals surface area contributed by atoms with Crippen molar-refractivity contribution in [3.8, 4) is 0 Å². The number of aliphatic carboxylic acids is 1. The number of carbonyl (C=O) groups is 3. The van der Waals surface area contributed by atoms with Crippen LogP contribution in [0.1, 0.15) is 31.4 Å². The number of nitrogens with one attached hydrogen (secondary N) is 2. The van der Waals surface area contributed by atoms with Crippen molar-refractivity contribution in [2.45, 2.75) is 51.5 Å². The number of alkyl carbamates (subject to hydrolysis) is 1. The highest BCUT2D eigenvalue weighted by atomic mass is 16.5. The molecule has 0 saturated carbocycles. The quantitative estimate of drug-likeness (QED) is 0.424. The second kappa shape index (κ2) is 12.5. The van der Waals surface area contributed by atoms with Crippen LogP contribution >= 0.6 is 0 Å². The first-order valence-electron chi connectivity index (χ1n) is 10.5. The molecule has 2 aromatic rings. The van der Waals surface area contributed by atoms with E-state index < -0.39 is 36.2 Å². The lowest BCUT2D eigenvalue weighted by atomic mass is 9.99. The topological polar surface area (TPSA) is 125 Å². The molecule has 8 heteroatoms. The fraction of sp³-hybridized carbons (Fsp3) is 0.375. The number of amides is 2. The van der Waals surface area contributed by atoms with E-state index in [0.29, 0.717) is 6.42 Å². The number of carboxylic acids is 1. The van der Waals surface area contributed by atoms with Crippen LogP contribution in [0.5, 0.6) is 0 Å². The van der Waals surface area contributed by atoms with Crippen molar-refractivity contribution in [3.05, 3.63) is 71.8 Å². The van der Waals surface area contributed by atoms with E-state index >= 15 is 0 Å². The number of hydrogen-bond acceptors (Lipinski definition) is 5. The summed E-state index contributed by atoms with van der Waals surface area (Å²) in [6.07, 6.45) is -2.13. The van der Waals surface area contributed by atoms with E-state index in [2.05, 4.69) is 10.6 Å². The van der Waals surface area contributed by atoms with Crippen molar-refractivity contribution in [1.29, 1.82) is 0 Å². The number of aliphatic hydroxyl groups is 1. The van der Waals surface area contributed by atoms with Gasteiger partial charge in [0.1, 0.15) is 12.6 Å². The highest BCUT2D eigenvalue weighted by Gasteiger charge is 2.31. The van der Waals surface area contributed by atoms with Crippen molar-refractivity contribution in [2.75, 3.05) is 0 Å². The molecule has 8 nitrogen and oxygen atoms in total. The zero-order valence-corrected chi connectivity index (χ0v) is 18.2. The molecule has 172 valence electrons. The van der Waals surface area contributed by atoms with Crippen LogP contribution in [0.4, 0.5) is 4.79 Å². The summed E-state index contributed by atoms with van der Waals surface area (Å²) in [4.78, 5) is 36.6. The summed E-state index contributed by atoms with van der Waals surface area (Å²) in [5.74, 6) is -1.96.